The molecule has 0 aliphatic carbocycles. The molecule has 92 valence electrons. The molecule has 0 atom stereocenters. The van der Waals surface area contributed by atoms with Gasteiger partial charge in [0.05, 0.1) is 0 Å². The van der Waals surface area contributed by atoms with Gasteiger partial charge < -0.3 is 0 Å². The van der Waals surface area contributed by atoms with Gasteiger partial charge in [-0.15, -0.1) is 0 Å². The molecule has 18 heavy (non-hydrogen) atoms. The van der Waals surface area contributed by atoms with Crippen LogP contribution < -0.4 is 4.46 Å². The average Bonchev–Trinajstić information content (AvgIpc) is 3.00. The molecule has 0 saturated carbocycles. The molecular formula is C14H13NOSSe. The van der Waals surface area contributed by atoms with Crippen molar-refractivity contribution in [3.8, 4) is 0 Å². The van der Waals surface area contributed by atoms with Crippen LogP contribution in [-0.2, 0) is 4.79 Å². The normalized spacial score (nSPS) is 15.7. The van der Waals surface area contributed by atoms with Gasteiger partial charge in [0.1, 0.15) is 0 Å². The van der Waals surface area contributed by atoms with Crippen molar-refractivity contribution in [1.82, 2.24) is 4.98 Å². The van der Waals surface area contributed by atoms with Crippen molar-refractivity contribution in [2.75, 3.05) is 5.75 Å². The van der Waals surface area contributed by atoms with Gasteiger partial charge in [0.25, 0.3) is 0 Å². The standard InChI is InChI=1S/C14H13NOSSe/c16-14(10-17-7-3-4-8-17)18-13-9-15-12-6-2-1-5-11(12)13/h1-9,15,17H,10H2. The van der Waals surface area contributed by atoms with Gasteiger partial charge in [-0.05, 0) is 0 Å². The van der Waals surface area contributed by atoms with E-state index in [1.165, 1.54) is 9.85 Å². The molecule has 2 nitrogen and oxygen atoms in total. The average molecular weight is 322 g/mol. The Morgan fingerprint density at radius 3 is 2.83 bits per heavy atom. The van der Waals surface area contributed by atoms with Crippen molar-refractivity contribution in [2.24, 2.45) is 0 Å². The Hall–Kier alpha value is -1.22. The van der Waals surface area contributed by atoms with Crippen molar-refractivity contribution in [3.05, 3.63) is 53.4 Å². The Morgan fingerprint density at radius 1 is 1.22 bits per heavy atom. The van der Waals surface area contributed by atoms with E-state index in [0.29, 0.717) is 10.4 Å². The molecule has 0 amide bonds. The number of carbonyl (C=O) groups is 1. The quantitative estimate of drug-likeness (QED) is 0.656. The summed E-state index contributed by atoms with van der Waals surface area (Å²) in [4.78, 5) is 15.3. The Kier molecular flexibility index (Phi) is 3.41. The van der Waals surface area contributed by atoms with Crippen molar-refractivity contribution in [3.63, 3.8) is 0 Å². The van der Waals surface area contributed by atoms with Gasteiger partial charge in [0.15, 0.2) is 0 Å². The Morgan fingerprint density at radius 2 is 2.00 bits per heavy atom. The first-order valence-corrected chi connectivity index (χ1v) is 9.08. The second-order valence-electron chi connectivity index (χ2n) is 4.03. The third kappa shape index (κ3) is 2.46. The first kappa shape index (κ1) is 11.8. The van der Waals surface area contributed by atoms with Crippen LogP contribution in [0.15, 0.2) is 53.4 Å². The van der Waals surface area contributed by atoms with Crippen LogP contribution >= 0.6 is 10.9 Å². The van der Waals surface area contributed by atoms with E-state index in [1.807, 2.05) is 36.5 Å². The molecule has 3 rings (SSSR count). The van der Waals surface area contributed by atoms with Gasteiger partial charge in [-0.25, -0.2) is 0 Å². The molecule has 0 fully saturated rings. The summed E-state index contributed by atoms with van der Waals surface area (Å²) in [5, 5.41) is 5.49. The van der Waals surface area contributed by atoms with E-state index in [4.69, 9.17) is 0 Å². The third-order valence-corrected chi connectivity index (χ3v) is 6.95. The van der Waals surface area contributed by atoms with Crippen LogP contribution in [0.2, 0.25) is 0 Å². The number of allylic oxidation sites excluding steroid dienone is 2. The van der Waals surface area contributed by atoms with Crippen molar-refractivity contribution in [2.45, 2.75) is 0 Å². The van der Waals surface area contributed by atoms with Crippen LogP contribution in [0.3, 0.4) is 0 Å². The van der Waals surface area contributed by atoms with Crippen LogP contribution in [-0.4, -0.2) is 30.4 Å². The SMILES string of the molecule is O=C(C[SH]1C=CC=C1)[Se]c1c[nH]c2ccccc12. The molecule has 1 N–H and O–H groups in total. The van der Waals surface area contributed by atoms with Gasteiger partial charge in [0.2, 0.25) is 0 Å². The Bertz CT molecular complexity index is 632. The fourth-order valence-electron chi connectivity index (χ4n) is 1.91. The maximum absolute atomic E-state index is 12.1. The zero-order valence-electron chi connectivity index (χ0n) is 9.67. The molecule has 1 aromatic carbocycles. The minimum atomic E-state index is -0.315. The van der Waals surface area contributed by atoms with E-state index in [1.54, 1.807) is 0 Å². The summed E-state index contributed by atoms with van der Waals surface area (Å²) in [5.41, 5.74) is 1.12. The molecule has 2 heterocycles. The van der Waals surface area contributed by atoms with Crippen molar-refractivity contribution in [1.29, 1.82) is 0 Å². The molecule has 0 radical (unpaired) electrons. The van der Waals surface area contributed by atoms with Gasteiger partial charge >= 0.3 is 115 Å². The number of fused-ring (bicyclic) bond motifs is 1. The summed E-state index contributed by atoms with van der Waals surface area (Å²) >= 11 is -0.0772. The minimum absolute atomic E-state index is 0.0772. The monoisotopic (exact) mass is 323 g/mol. The first-order valence-electron chi connectivity index (χ1n) is 5.70. The van der Waals surface area contributed by atoms with Crippen LogP contribution in [0.25, 0.3) is 10.9 Å². The molecular weight excluding hydrogens is 309 g/mol. The Labute approximate surface area is 115 Å². The number of aromatic amines is 1. The topological polar surface area (TPSA) is 32.9 Å². The van der Waals surface area contributed by atoms with Gasteiger partial charge in [-0.1, -0.05) is 0 Å². The zero-order chi connectivity index (χ0) is 12.4. The molecule has 1 aliphatic rings. The summed E-state index contributed by atoms with van der Waals surface area (Å²) in [7, 11) is -0.315. The summed E-state index contributed by atoms with van der Waals surface area (Å²) in [6, 6.07) is 8.16. The number of H-pyrrole nitrogens is 1. The summed E-state index contributed by atoms with van der Waals surface area (Å²) in [6.07, 6.45) is 6.06. The van der Waals surface area contributed by atoms with Gasteiger partial charge in [-0.3, -0.25) is 0 Å². The molecule has 2 aromatic rings. The third-order valence-electron chi connectivity index (χ3n) is 2.75. The van der Waals surface area contributed by atoms with Crippen LogP contribution in [0.1, 0.15) is 0 Å². The maximum atomic E-state index is 12.1. The fraction of sp³-hybridized carbons (Fsp3) is 0.0714. The predicted molar refractivity (Wildman–Crippen MR) is 80.8 cm³/mol. The number of hydrogen-bond donors (Lipinski definition) is 2. The molecule has 0 unspecified atom stereocenters. The molecule has 0 bridgehead atoms. The van der Waals surface area contributed by atoms with Crippen molar-refractivity contribution >= 4 is 45.9 Å². The molecule has 1 aliphatic heterocycles. The summed E-state index contributed by atoms with van der Waals surface area (Å²) < 4.78 is 1.56. The number of hydrogen-bond acceptors (Lipinski definition) is 1. The van der Waals surface area contributed by atoms with E-state index in [9.17, 15) is 4.79 Å². The molecule has 1 aromatic heterocycles. The number of benzene rings is 1. The van der Waals surface area contributed by atoms with Gasteiger partial charge in [0, 0.05) is 0 Å². The Balaban J connectivity index is 1.74. The van der Waals surface area contributed by atoms with Crippen LogP contribution in [0.5, 0.6) is 0 Å². The number of para-hydroxylation sites is 1. The van der Waals surface area contributed by atoms with Gasteiger partial charge in [-0.2, -0.15) is 0 Å². The number of nitrogens with one attached hydrogen (secondary N) is 1. The van der Waals surface area contributed by atoms with E-state index in [-0.39, 0.29) is 25.9 Å². The molecule has 0 spiro atoms. The van der Waals surface area contributed by atoms with E-state index in [0.717, 1.165) is 5.52 Å². The van der Waals surface area contributed by atoms with Crippen LogP contribution in [0, 0.1) is 0 Å². The fourth-order valence-corrected chi connectivity index (χ4v) is 5.93. The van der Waals surface area contributed by atoms with E-state index >= 15 is 0 Å². The summed E-state index contributed by atoms with van der Waals surface area (Å²) in [6.45, 7) is 0. The van der Waals surface area contributed by atoms with E-state index in [2.05, 4.69) is 21.9 Å². The summed E-state index contributed by atoms with van der Waals surface area (Å²) in [5.74, 6) is 0.696. The molecule has 4 heteroatoms. The van der Waals surface area contributed by atoms with E-state index < -0.39 is 0 Å². The number of aromatic nitrogens is 1. The zero-order valence-corrected chi connectivity index (χ0v) is 12.3. The molecule has 0 saturated heterocycles. The number of rotatable bonds is 4. The predicted octanol–water partition coefficient (Wildman–Crippen LogP) is 2.07. The second-order valence-corrected chi connectivity index (χ2v) is 8.28. The number of carbonyl (C=O) groups excluding carboxylic acids is 1. The first-order chi connectivity index (χ1) is 8.83. The van der Waals surface area contributed by atoms with Crippen molar-refractivity contribution < 1.29 is 4.79 Å². The number of thiol groups is 1. The second kappa shape index (κ2) is 5.19. The van der Waals surface area contributed by atoms with Crippen LogP contribution in [0.4, 0.5) is 0 Å².